The van der Waals surface area contributed by atoms with Crippen molar-refractivity contribution in [2.24, 2.45) is 0 Å². The molecule has 2 N–H and O–H groups in total. The summed E-state index contributed by atoms with van der Waals surface area (Å²) in [6.45, 7) is -0.255. The molecule has 3 atom stereocenters. The highest BCUT2D eigenvalue weighted by molar-refractivity contribution is 5.78. The van der Waals surface area contributed by atoms with Crippen molar-refractivity contribution in [3.63, 3.8) is 0 Å². The van der Waals surface area contributed by atoms with Gasteiger partial charge in [0.2, 0.25) is 5.91 Å². The average molecular weight is 117 g/mol. The van der Waals surface area contributed by atoms with Gasteiger partial charge in [-0.2, -0.15) is 0 Å². The highest BCUT2D eigenvalue weighted by atomic mass is 16.3. The predicted octanol–water partition coefficient (Wildman–Crippen LogP) is -0.743. The summed E-state index contributed by atoms with van der Waals surface area (Å²) in [6, 6.07) is -0.546. The molecule has 0 aromatic heterocycles. The maximum atomic E-state index is 10.6. The van der Waals surface area contributed by atoms with E-state index in [1.165, 1.54) is 0 Å². The lowest BCUT2D eigenvalue weighted by atomic mass is 10.2. The molecule has 1 heterocycles. The van der Waals surface area contributed by atoms with Crippen molar-refractivity contribution in [1.82, 2.24) is 5.32 Å². The van der Waals surface area contributed by atoms with Gasteiger partial charge in [-0.05, 0) is 6.40 Å². The van der Waals surface area contributed by atoms with Crippen molar-refractivity contribution in [2.75, 3.05) is 6.61 Å². The summed E-state index contributed by atoms with van der Waals surface area (Å²) >= 11 is 0. The molecule has 1 aliphatic heterocycles. The van der Waals surface area contributed by atoms with Crippen molar-refractivity contribution >= 4 is 5.91 Å². The second-order valence-corrected chi connectivity index (χ2v) is 1.66. The van der Waals surface area contributed by atoms with Crippen LogP contribution in [0.2, 0.25) is 0 Å². The summed E-state index contributed by atoms with van der Waals surface area (Å²) < 4.78 is 14.3. The van der Waals surface area contributed by atoms with Crippen LogP contribution in [0.1, 0.15) is 15.5 Å². The van der Waals surface area contributed by atoms with Crippen LogP contribution in [0, 0.1) is 0 Å². The van der Waals surface area contributed by atoms with Crippen LogP contribution in [0.5, 0.6) is 0 Å². The minimum absolute atomic E-state index is 0.255. The Hall–Kier alpha value is -0.570. The lowest BCUT2D eigenvalue weighted by Gasteiger charge is -2.01. The molecule has 0 saturated carbocycles. The summed E-state index contributed by atoms with van der Waals surface area (Å²) in [4.78, 5) is 10.6. The zero-order chi connectivity index (χ0) is 7.72. The summed E-state index contributed by atoms with van der Waals surface area (Å²) in [7, 11) is 0. The molecule has 3 heteroatoms. The number of aliphatic hydroxyl groups excluding tert-OH is 1. The number of aliphatic hydroxyl groups is 1. The largest absolute Gasteiger partial charge is 0.394 e. The molecule has 0 spiro atoms. The Morgan fingerprint density at radius 1 is 2.12 bits per heavy atom. The third-order valence-corrected chi connectivity index (χ3v) is 1.00. The molecular weight excluding hydrogens is 106 g/mol. The van der Waals surface area contributed by atoms with Crippen LogP contribution in [0.4, 0.5) is 0 Å². The summed E-state index contributed by atoms with van der Waals surface area (Å²) in [6.07, 6.45) is -1.85. The number of rotatable bonds is 1. The first-order chi connectivity index (χ1) is 4.66. The van der Waals surface area contributed by atoms with Gasteiger partial charge in [0.05, 0.1) is 12.6 Å². The molecule has 1 fully saturated rings. The molecule has 0 aliphatic carbocycles. The van der Waals surface area contributed by atoms with Gasteiger partial charge < -0.3 is 10.4 Å². The molecule has 1 aliphatic rings. The van der Waals surface area contributed by atoms with Gasteiger partial charge in [-0.1, -0.05) is 0 Å². The Morgan fingerprint density at radius 2 is 2.88 bits per heavy atom. The van der Waals surface area contributed by atoms with E-state index in [-0.39, 0.29) is 6.61 Å². The first kappa shape index (κ1) is 3.45. The lowest BCUT2D eigenvalue weighted by Crippen LogP contribution is -2.28. The predicted molar refractivity (Wildman–Crippen MR) is 28.3 cm³/mol. The molecule has 3 nitrogen and oxygen atoms in total. The van der Waals surface area contributed by atoms with Gasteiger partial charge in [-0.15, -0.1) is 0 Å². The van der Waals surface area contributed by atoms with Gasteiger partial charge in [-0.3, -0.25) is 4.79 Å². The van der Waals surface area contributed by atoms with E-state index >= 15 is 0 Å². The summed E-state index contributed by atoms with van der Waals surface area (Å²) in [5, 5.41) is 10.9. The van der Waals surface area contributed by atoms with Gasteiger partial charge in [0.25, 0.3) is 0 Å². The van der Waals surface area contributed by atoms with E-state index in [2.05, 4.69) is 5.32 Å². The smallest absolute Gasteiger partial charge is 0.220 e. The lowest BCUT2D eigenvalue weighted by molar-refractivity contribution is -0.119. The Labute approximate surface area is 50.5 Å². The molecule has 46 valence electrons. The van der Waals surface area contributed by atoms with E-state index in [1.54, 1.807) is 0 Å². The van der Waals surface area contributed by atoms with Crippen molar-refractivity contribution in [1.29, 1.82) is 0 Å². The fraction of sp³-hybridized carbons (Fsp3) is 0.800. The maximum absolute atomic E-state index is 10.6. The van der Waals surface area contributed by atoms with Gasteiger partial charge >= 0.3 is 0 Å². The quantitative estimate of drug-likeness (QED) is 0.475. The molecular formula is C5H9NO2. The van der Waals surface area contributed by atoms with Crippen LogP contribution >= 0.6 is 0 Å². The monoisotopic (exact) mass is 117 g/mol. The van der Waals surface area contributed by atoms with E-state index < -0.39 is 24.7 Å². The average Bonchev–Trinajstić information content (AvgIpc) is 2.17. The van der Waals surface area contributed by atoms with Gasteiger partial charge in [-0.25, -0.2) is 0 Å². The molecule has 1 amide bonds. The zero-order valence-corrected chi connectivity index (χ0v) is 4.29. The van der Waals surface area contributed by atoms with Crippen LogP contribution in [0.25, 0.3) is 0 Å². The fourth-order valence-electron chi connectivity index (χ4n) is 0.589. The standard InChI is InChI=1S/C5H9NO2/c7-3-4-1-2-5(8)6-4/h4,7H,1-3H2,(H,6,8)/t4-/m0/s1/i1D,2D/t1?,2?,4-. The van der Waals surface area contributed by atoms with Crippen molar-refractivity contribution in [3.8, 4) is 0 Å². The summed E-state index contributed by atoms with van der Waals surface area (Å²) in [5.74, 6) is -0.459. The van der Waals surface area contributed by atoms with Crippen LogP contribution < -0.4 is 5.32 Å². The second-order valence-electron chi connectivity index (χ2n) is 1.66. The van der Waals surface area contributed by atoms with E-state index in [0.29, 0.717) is 0 Å². The fourth-order valence-corrected chi connectivity index (χ4v) is 0.589. The van der Waals surface area contributed by atoms with Crippen LogP contribution in [-0.4, -0.2) is 23.7 Å². The van der Waals surface area contributed by atoms with Gasteiger partial charge in [0.1, 0.15) is 0 Å². The molecule has 2 unspecified atom stereocenters. The van der Waals surface area contributed by atoms with Crippen LogP contribution in [0.3, 0.4) is 0 Å². The topological polar surface area (TPSA) is 49.3 Å². The Kier molecular flexibility index (Phi) is 0.921. The number of hydrogen-bond donors (Lipinski definition) is 2. The third kappa shape index (κ3) is 0.980. The highest BCUT2D eigenvalue weighted by Crippen LogP contribution is 2.04. The molecule has 0 aromatic rings. The van der Waals surface area contributed by atoms with E-state index in [4.69, 9.17) is 7.85 Å². The van der Waals surface area contributed by atoms with Gasteiger partial charge in [0, 0.05) is 9.14 Å². The molecule has 0 aromatic carbocycles. The normalized spacial score (nSPS) is 50.1. The Bertz CT molecular complexity index is 153. The number of carbonyl (C=O) groups excluding carboxylic acids is 1. The molecule has 0 bridgehead atoms. The number of amides is 1. The van der Waals surface area contributed by atoms with Crippen LogP contribution in [-0.2, 0) is 4.79 Å². The second kappa shape index (κ2) is 2.13. The molecule has 1 saturated heterocycles. The third-order valence-electron chi connectivity index (χ3n) is 1.00. The highest BCUT2D eigenvalue weighted by Gasteiger charge is 2.18. The SMILES string of the molecule is [2H]C1C(=O)N[C@H](CO)C1[2H]. The Balaban J connectivity index is 2.61. The van der Waals surface area contributed by atoms with E-state index in [9.17, 15) is 4.79 Å². The number of nitrogens with one attached hydrogen (secondary N) is 1. The minimum Gasteiger partial charge on any atom is -0.394 e. The maximum Gasteiger partial charge on any atom is 0.220 e. The van der Waals surface area contributed by atoms with Crippen LogP contribution in [0.15, 0.2) is 0 Å². The van der Waals surface area contributed by atoms with Crippen molar-refractivity contribution in [2.45, 2.75) is 18.8 Å². The van der Waals surface area contributed by atoms with E-state index in [0.717, 1.165) is 0 Å². The molecule has 0 radical (unpaired) electrons. The number of carbonyl (C=O) groups is 1. The molecule has 8 heavy (non-hydrogen) atoms. The summed E-state index contributed by atoms with van der Waals surface area (Å²) in [5.41, 5.74) is 0. The van der Waals surface area contributed by atoms with Gasteiger partial charge in [0.15, 0.2) is 0 Å². The minimum atomic E-state index is -1.03. The Morgan fingerprint density at radius 3 is 3.12 bits per heavy atom. The van der Waals surface area contributed by atoms with E-state index in [1.807, 2.05) is 0 Å². The zero-order valence-electron chi connectivity index (χ0n) is 6.29. The number of hydrogen-bond acceptors (Lipinski definition) is 2. The molecule has 1 rings (SSSR count). The first-order valence-corrected chi connectivity index (χ1v) is 2.42. The van der Waals surface area contributed by atoms with Crippen molar-refractivity contribution in [3.05, 3.63) is 0 Å². The van der Waals surface area contributed by atoms with Crippen molar-refractivity contribution < 1.29 is 12.6 Å². The first-order valence-electron chi connectivity index (χ1n) is 3.58.